The van der Waals surface area contributed by atoms with Gasteiger partial charge in [0.05, 0.1) is 25.2 Å². The molecule has 6 saturated carbocycles. The molecule has 0 aromatic rings. The van der Waals surface area contributed by atoms with Crippen LogP contribution in [0.4, 0.5) is 9.59 Å². The summed E-state index contributed by atoms with van der Waals surface area (Å²) in [7, 11) is 0. The third-order valence-corrected chi connectivity index (χ3v) is 17.3. The zero-order valence-corrected chi connectivity index (χ0v) is 33.1. The zero-order chi connectivity index (χ0) is 37.1. The van der Waals surface area contributed by atoms with Gasteiger partial charge in [0.1, 0.15) is 6.10 Å². The van der Waals surface area contributed by atoms with Crippen LogP contribution in [0.25, 0.3) is 0 Å². The maximum absolute atomic E-state index is 13.3. The Morgan fingerprint density at radius 1 is 0.846 bits per heavy atom. The summed E-state index contributed by atoms with van der Waals surface area (Å²) in [6.07, 6.45) is 12.0. The zero-order valence-electron chi connectivity index (χ0n) is 33.1. The minimum Gasteiger partial charge on any atom is -0.481 e. The number of amides is 2. The first kappa shape index (κ1) is 38.2. The molecule has 2 amide bonds. The number of nitrogens with zero attached hydrogens (tertiary/aromatic N) is 1. The first-order valence-electron chi connectivity index (χ1n) is 21.1. The van der Waals surface area contributed by atoms with Crippen molar-refractivity contribution in [2.24, 2.45) is 62.6 Å². The molecule has 3 N–H and O–H groups in total. The van der Waals surface area contributed by atoms with E-state index in [0.717, 1.165) is 116 Å². The lowest BCUT2D eigenvalue weighted by Gasteiger charge is -2.72. The van der Waals surface area contributed by atoms with Crippen LogP contribution in [-0.4, -0.2) is 86.3 Å². The number of carbonyl (C=O) groups excluding carboxylic acids is 2. The summed E-state index contributed by atoms with van der Waals surface area (Å²) in [5, 5.41) is 17.1. The number of aliphatic carboxylic acids is 1. The topological polar surface area (TPSA) is 126 Å². The summed E-state index contributed by atoms with van der Waals surface area (Å²) >= 11 is 0. The smallest absolute Gasteiger partial charge is 0.407 e. The van der Waals surface area contributed by atoms with Crippen molar-refractivity contribution in [2.75, 3.05) is 46.0 Å². The maximum atomic E-state index is 13.3. The standard InChI is InChI=1S/C42H69N3O7/c1-27(26-43-36(48)51-23-7-20-45-21-24-50-25-22-45)29-12-17-42(35(46)47)19-18-40(5)30(34(29)42)10-11-32-39(4)15-14-33(52-37(49)44-28-8-9-28)38(2,3)31(39)13-16-41(32,40)6/h27-34H,7-26H2,1-6H3,(H,43,48)(H,44,49)(H,46,47)/t27?,29-,30?,31?,32?,33+,34?,39-,40+,41+,42-/m0/s1. The molecular formula is C42H69N3O7. The number of hydrogen-bond donors (Lipinski definition) is 3. The van der Waals surface area contributed by atoms with Crippen molar-refractivity contribution in [1.82, 2.24) is 15.5 Å². The first-order chi connectivity index (χ1) is 24.7. The van der Waals surface area contributed by atoms with Crippen LogP contribution in [0.1, 0.15) is 125 Å². The van der Waals surface area contributed by atoms with Gasteiger partial charge in [0, 0.05) is 37.6 Å². The van der Waals surface area contributed by atoms with E-state index in [1.807, 2.05) is 0 Å². The molecule has 52 heavy (non-hydrogen) atoms. The predicted octanol–water partition coefficient (Wildman–Crippen LogP) is 7.49. The van der Waals surface area contributed by atoms with Crippen molar-refractivity contribution in [1.29, 1.82) is 0 Å². The van der Waals surface area contributed by atoms with Gasteiger partial charge in [-0.15, -0.1) is 0 Å². The lowest BCUT2D eigenvalue weighted by atomic mass is 9.32. The predicted molar refractivity (Wildman–Crippen MR) is 199 cm³/mol. The molecule has 10 nitrogen and oxygen atoms in total. The highest BCUT2D eigenvalue weighted by molar-refractivity contribution is 5.76. The molecule has 5 unspecified atom stereocenters. The van der Waals surface area contributed by atoms with E-state index in [1.54, 1.807) is 0 Å². The monoisotopic (exact) mass is 728 g/mol. The maximum Gasteiger partial charge on any atom is 0.407 e. The van der Waals surface area contributed by atoms with E-state index >= 15 is 0 Å². The number of morpholine rings is 1. The van der Waals surface area contributed by atoms with Crippen LogP contribution in [0, 0.1) is 62.6 Å². The molecule has 0 bridgehead atoms. The Morgan fingerprint density at radius 2 is 1.60 bits per heavy atom. The second-order valence-electron chi connectivity index (χ2n) is 19.8. The van der Waals surface area contributed by atoms with Gasteiger partial charge in [-0.25, -0.2) is 9.59 Å². The molecule has 1 saturated heterocycles. The largest absolute Gasteiger partial charge is 0.481 e. The Labute approximate surface area is 312 Å². The van der Waals surface area contributed by atoms with Crippen LogP contribution in [0.15, 0.2) is 0 Å². The van der Waals surface area contributed by atoms with Gasteiger partial charge in [-0.2, -0.15) is 0 Å². The minimum atomic E-state index is -0.675. The van der Waals surface area contributed by atoms with E-state index in [0.29, 0.717) is 36.9 Å². The van der Waals surface area contributed by atoms with Crippen molar-refractivity contribution in [3.05, 3.63) is 0 Å². The minimum absolute atomic E-state index is 0.0459. The van der Waals surface area contributed by atoms with E-state index < -0.39 is 11.4 Å². The molecule has 0 spiro atoms. The molecule has 0 aromatic heterocycles. The number of carbonyl (C=O) groups is 3. The normalized spacial score (nSPS) is 43.1. The second kappa shape index (κ2) is 14.2. The summed E-state index contributed by atoms with van der Waals surface area (Å²) < 4.78 is 17.2. The van der Waals surface area contributed by atoms with Gasteiger partial charge < -0.3 is 30.0 Å². The molecule has 11 atom stereocenters. The Kier molecular flexibility index (Phi) is 10.4. The molecule has 7 aliphatic rings. The highest BCUT2D eigenvalue weighted by atomic mass is 16.6. The number of alkyl carbamates (subject to hydrolysis) is 2. The average Bonchev–Trinajstić information content (AvgIpc) is 3.82. The van der Waals surface area contributed by atoms with Crippen molar-refractivity contribution in [3.8, 4) is 0 Å². The molecule has 6 aliphatic carbocycles. The number of carboxylic acid groups (broad SMARTS) is 1. The van der Waals surface area contributed by atoms with E-state index in [-0.39, 0.29) is 57.7 Å². The Bertz CT molecular complexity index is 1350. The second-order valence-corrected chi connectivity index (χ2v) is 19.8. The summed E-state index contributed by atoms with van der Waals surface area (Å²) in [4.78, 5) is 41.2. The van der Waals surface area contributed by atoms with Gasteiger partial charge in [0.25, 0.3) is 0 Å². The van der Waals surface area contributed by atoms with Crippen molar-refractivity contribution < 1.29 is 33.7 Å². The molecule has 1 heterocycles. The fourth-order valence-electron chi connectivity index (χ4n) is 14.1. The molecule has 294 valence electrons. The Balaban J connectivity index is 1.03. The molecule has 1 aliphatic heterocycles. The summed E-state index contributed by atoms with van der Waals surface area (Å²) in [5.74, 6) is 1.30. The van der Waals surface area contributed by atoms with Crippen molar-refractivity contribution in [2.45, 2.75) is 137 Å². The average molecular weight is 728 g/mol. The quantitative estimate of drug-likeness (QED) is 0.198. The number of rotatable bonds is 10. The molecule has 7 fully saturated rings. The van der Waals surface area contributed by atoms with Gasteiger partial charge >= 0.3 is 18.2 Å². The highest BCUT2D eigenvalue weighted by Crippen LogP contribution is 2.77. The van der Waals surface area contributed by atoms with Crippen molar-refractivity contribution >= 4 is 18.2 Å². The van der Waals surface area contributed by atoms with Gasteiger partial charge in [-0.1, -0.05) is 41.5 Å². The van der Waals surface area contributed by atoms with E-state index in [4.69, 9.17) is 14.2 Å². The molecular weight excluding hydrogens is 658 g/mol. The Morgan fingerprint density at radius 3 is 2.31 bits per heavy atom. The van der Waals surface area contributed by atoms with Crippen LogP contribution in [0.5, 0.6) is 0 Å². The number of nitrogens with one attached hydrogen (secondary N) is 2. The molecule has 10 heteroatoms. The fourth-order valence-corrected chi connectivity index (χ4v) is 14.1. The summed E-state index contributed by atoms with van der Waals surface area (Å²) in [6, 6.07) is 0.294. The van der Waals surface area contributed by atoms with Crippen LogP contribution in [-0.2, 0) is 19.0 Å². The van der Waals surface area contributed by atoms with Gasteiger partial charge in [-0.05, 0) is 135 Å². The third-order valence-electron chi connectivity index (χ3n) is 17.3. The SMILES string of the molecule is CC(CNC(=O)OCCCN1CCOCC1)[C@@H]1CC[C@]2(C(=O)O)CC[C@]3(C)C(CCC4[C@@]5(C)CC[C@@H](OC(=O)NC6CC6)C(C)(C)C5CC[C@]43C)C12. The van der Waals surface area contributed by atoms with Crippen LogP contribution in [0.3, 0.4) is 0 Å². The first-order valence-corrected chi connectivity index (χ1v) is 21.1. The van der Waals surface area contributed by atoms with E-state index in [1.165, 1.54) is 0 Å². The molecule has 0 radical (unpaired) electrons. The number of fused-ring (bicyclic) bond motifs is 7. The fraction of sp³-hybridized carbons (Fsp3) is 0.929. The number of carboxylic acids is 1. The number of ether oxygens (including phenoxy) is 3. The molecule has 0 aromatic carbocycles. The lowest BCUT2D eigenvalue weighted by molar-refractivity contribution is -0.249. The summed E-state index contributed by atoms with van der Waals surface area (Å²) in [6.45, 7) is 19.8. The van der Waals surface area contributed by atoms with E-state index in [2.05, 4.69) is 57.1 Å². The van der Waals surface area contributed by atoms with Crippen LogP contribution < -0.4 is 10.6 Å². The summed E-state index contributed by atoms with van der Waals surface area (Å²) in [5.41, 5.74) is -0.483. The van der Waals surface area contributed by atoms with Crippen LogP contribution >= 0.6 is 0 Å². The van der Waals surface area contributed by atoms with Gasteiger partial charge in [-0.3, -0.25) is 9.69 Å². The van der Waals surface area contributed by atoms with Crippen molar-refractivity contribution in [3.63, 3.8) is 0 Å². The van der Waals surface area contributed by atoms with Crippen LogP contribution in [0.2, 0.25) is 0 Å². The van der Waals surface area contributed by atoms with E-state index in [9.17, 15) is 19.5 Å². The van der Waals surface area contributed by atoms with Gasteiger partial charge in [0.2, 0.25) is 0 Å². The van der Waals surface area contributed by atoms with Gasteiger partial charge in [0.15, 0.2) is 0 Å². The third kappa shape index (κ3) is 6.45. The molecule has 7 rings (SSSR count). The lowest BCUT2D eigenvalue weighted by Crippen LogP contribution is -2.67. The Hall–Kier alpha value is -2.07. The number of hydrogen-bond acceptors (Lipinski definition) is 7. The highest BCUT2D eigenvalue weighted by Gasteiger charge is 2.72.